The van der Waals surface area contributed by atoms with Gasteiger partial charge in [-0.1, -0.05) is 24.6 Å². The zero-order valence-electron chi connectivity index (χ0n) is 10.6. The third-order valence-corrected chi connectivity index (χ3v) is 3.21. The molecule has 0 aliphatic heterocycles. The number of hydrogen-bond acceptors (Lipinski definition) is 2. The van der Waals surface area contributed by atoms with E-state index in [1.54, 1.807) is 19.2 Å². The number of aliphatic hydroxyl groups excluding tert-OH is 1. The zero-order chi connectivity index (χ0) is 13.1. The number of halogens is 1. The molecule has 1 aromatic heterocycles. The Balaban J connectivity index is 2.41. The summed E-state index contributed by atoms with van der Waals surface area (Å²) in [5.41, 5.74) is 1.72. The van der Waals surface area contributed by atoms with E-state index >= 15 is 0 Å². The summed E-state index contributed by atoms with van der Waals surface area (Å²) in [6.45, 7) is 3.85. The van der Waals surface area contributed by atoms with Crippen LogP contribution >= 0.6 is 11.6 Å². The van der Waals surface area contributed by atoms with Crippen LogP contribution < -0.4 is 0 Å². The zero-order valence-corrected chi connectivity index (χ0v) is 11.4. The van der Waals surface area contributed by atoms with Gasteiger partial charge in [-0.05, 0) is 31.0 Å². The summed E-state index contributed by atoms with van der Waals surface area (Å²) >= 11 is 6.28. The molecule has 0 saturated carbocycles. The van der Waals surface area contributed by atoms with Crippen LogP contribution in [0.25, 0.3) is 5.69 Å². The predicted molar refractivity (Wildman–Crippen MR) is 73.2 cm³/mol. The van der Waals surface area contributed by atoms with Crippen molar-refractivity contribution in [2.45, 2.75) is 32.8 Å². The van der Waals surface area contributed by atoms with E-state index in [4.69, 9.17) is 11.6 Å². The van der Waals surface area contributed by atoms with E-state index in [0.29, 0.717) is 5.02 Å². The molecule has 18 heavy (non-hydrogen) atoms. The minimum absolute atomic E-state index is 0.505. The van der Waals surface area contributed by atoms with Gasteiger partial charge in [0.25, 0.3) is 0 Å². The van der Waals surface area contributed by atoms with Gasteiger partial charge in [-0.15, -0.1) is 0 Å². The molecule has 0 amide bonds. The Hall–Kier alpha value is -1.32. The van der Waals surface area contributed by atoms with Crippen LogP contribution in [0.4, 0.5) is 0 Å². The van der Waals surface area contributed by atoms with Crippen LogP contribution in [-0.4, -0.2) is 14.7 Å². The summed E-state index contributed by atoms with van der Waals surface area (Å²) in [7, 11) is 0. The van der Waals surface area contributed by atoms with Gasteiger partial charge in [-0.2, -0.15) is 0 Å². The Bertz CT molecular complexity index is 534. The average Bonchev–Trinajstić information content (AvgIpc) is 2.77. The van der Waals surface area contributed by atoms with Crippen LogP contribution in [0.3, 0.4) is 0 Å². The van der Waals surface area contributed by atoms with Gasteiger partial charge < -0.3 is 9.67 Å². The summed E-state index contributed by atoms with van der Waals surface area (Å²) < 4.78 is 2.00. The number of rotatable bonds is 4. The minimum atomic E-state index is -0.505. The molecule has 0 bridgehead atoms. The smallest absolute Gasteiger partial charge is 0.113 e. The molecule has 4 heteroatoms. The first kappa shape index (κ1) is 13.1. The highest BCUT2D eigenvalue weighted by atomic mass is 35.5. The second kappa shape index (κ2) is 5.55. The standard InChI is InChI=1S/C14H17ClN2O/c1-3-4-14-16-7-8-17(14)13-6-5-11(10(2)18)9-12(13)15/h5-10,18H,3-4H2,1-2H3/t10-/m1/s1. The maximum Gasteiger partial charge on any atom is 0.113 e. The van der Waals surface area contributed by atoms with Gasteiger partial charge in [0.15, 0.2) is 0 Å². The molecule has 1 aromatic carbocycles. The van der Waals surface area contributed by atoms with Crippen LogP contribution in [0.5, 0.6) is 0 Å². The number of aliphatic hydroxyl groups is 1. The van der Waals surface area contributed by atoms with Gasteiger partial charge in [0.1, 0.15) is 5.82 Å². The van der Waals surface area contributed by atoms with E-state index < -0.39 is 6.10 Å². The Morgan fingerprint density at radius 3 is 2.83 bits per heavy atom. The highest BCUT2D eigenvalue weighted by Crippen LogP contribution is 2.25. The van der Waals surface area contributed by atoms with Gasteiger partial charge >= 0.3 is 0 Å². The molecule has 0 aliphatic carbocycles. The average molecular weight is 265 g/mol. The van der Waals surface area contributed by atoms with Crippen molar-refractivity contribution in [1.82, 2.24) is 9.55 Å². The van der Waals surface area contributed by atoms with Crippen molar-refractivity contribution in [3.63, 3.8) is 0 Å². The molecule has 2 aromatic rings. The Labute approximate surface area is 112 Å². The van der Waals surface area contributed by atoms with Gasteiger partial charge in [0.2, 0.25) is 0 Å². The molecule has 0 spiro atoms. The van der Waals surface area contributed by atoms with Crippen molar-refractivity contribution in [3.05, 3.63) is 47.0 Å². The Morgan fingerprint density at radius 1 is 1.44 bits per heavy atom. The van der Waals surface area contributed by atoms with Crippen LogP contribution in [0.1, 0.15) is 37.8 Å². The van der Waals surface area contributed by atoms with E-state index in [2.05, 4.69) is 11.9 Å². The largest absolute Gasteiger partial charge is 0.389 e. The molecule has 0 radical (unpaired) electrons. The molecule has 2 rings (SSSR count). The van der Waals surface area contributed by atoms with E-state index in [9.17, 15) is 5.11 Å². The lowest BCUT2D eigenvalue weighted by Crippen LogP contribution is -2.02. The van der Waals surface area contributed by atoms with E-state index in [0.717, 1.165) is 29.9 Å². The molecule has 3 nitrogen and oxygen atoms in total. The fourth-order valence-electron chi connectivity index (χ4n) is 1.94. The molecular weight excluding hydrogens is 248 g/mol. The number of benzene rings is 1. The van der Waals surface area contributed by atoms with Gasteiger partial charge in [0.05, 0.1) is 16.8 Å². The lowest BCUT2D eigenvalue weighted by atomic mass is 10.1. The summed E-state index contributed by atoms with van der Waals surface area (Å²) in [6, 6.07) is 5.62. The first-order valence-electron chi connectivity index (χ1n) is 6.13. The lowest BCUT2D eigenvalue weighted by molar-refractivity contribution is 0.199. The second-order valence-electron chi connectivity index (χ2n) is 4.35. The van der Waals surface area contributed by atoms with Gasteiger partial charge in [-0.25, -0.2) is 4.98 Å². The van der Waals surface area contributed by atoms with Gasteiger partial charge in [-0.3, -0.25) is 0 Å². The minimum Gasteiger partial charge on any atom is -0.389 e. The second-order valence-corrected chi connectivity index (χ2v) is 4.76. The molecule has 1 atom stereocenters. The molecule has 0 unspecified atom stereocenters. The van der Waals surface area contributed by atoms with Crippen molar-refractivity contribution in [2.24, 2.45) is 0 Å². The molecule has 0 fully saturated rings. The fraction of sp³-hybridized carbons (Fsp3) is 0.357. The Kier molecular flexibility index (Phi) is 4.04. The third-order valence-electron chi connectivity index (χ3n) is 2.90. The number of hydrogen-bond donors (Lipinski definition) is 1. The summed E-state index contributed by atoms with van der Waals surface area (Å²) in [5.74, 6) is 1.00. The molecule has 96 valence electrons. The SMILES string of the molecule is CCCc1nccn1-c1ccc([C@@H](C)O)cc1Cl. The molecule has 0 aliphatic rings. The van der Waals surface area contributed by atoms with Crippen LogP contribution in [0.2, 0.25) is 5.02 Å². The lowest BCUT2D eigenvalue weighted by Gasteiger charge is -2.12. The third kappa shape index (κ3) is 2.57. The number of imidazole rings is 1. The van der Waals surface area contributed by atoms with E-state index in [-0.39, 0.29) is 0 Å². The van der Waals surface area contributed by atoms with Crippen molar-refractivity contribution < 1.29 is 5.11 Å². The Morgan fingerprint density at radius 2 is 2.22 bits per heavy atom. The maximum absolute atomic E-state index is 9.53. The molecular formula is C14H17ClN2O. The molecule has 0 saturated heterocycles. The van der Waals surface area contributed by atoms with Crippen molar-refractivity contribution >= 4 is 11.6 Å². The normalized spacial score (nSPS) is 12.7. The first-order chi connectivity index (χ1) is 8.63. The van der Waals surface area contributed by atoms with Crippen molar-refractivity contribution in [3.8, 4) is 5.69 Å². The number of aromatic nitrogens is 2. The van der Waals surface area contributed by atoms with Crippen LogP contribution in [0, 0.1) is 0 Å². The fourth-order valence-corrected chi connectivity index (χ4v) is 2.22. The quantitative estimate of drug-likeness (QED) is 0.917. The van der Waals surface area contributed by atoms with E-state index in [1.807, 2.05) is 22.9 Å². The van der Waals surface area contributed by atoms with Crippen molar-refractivity contribution in [1.29, 1.82) is 0 Å². The van der Waals surface area contributed by atoms with Crippen LogP contribution in [-0.2, 0) is 6.42 Å². The van der Waals surface area contributed by atoms with E-state index in [1.165, 1.54) is 0 Å². The summed E-state index contributed by atoms with van der Waals surface area (Å²) in [4.78, 5) is 4.34. The highest BCUT2D eigenvalue weighted by Gasteiger charge is 2.10. The van der Waals surface area contributed by atoms with Crippen molar-refractivity contribution in [2.75, 3.05) is 0 Å². The topological polar surface area (TPSA) is 38.0 Å². The molecule has 1 N–H and O–H groups in total. The monoisotopic (exact) mass is 264 g/mol. The first-order valence-corrected chi connectivity index (χ1v) is 6.51. The van der Waals surface area contributed by atoms with Gasteiger partial charge in [0, 0.05) is 18.8 Å². The summed E-state index contributed by atoms with van der Waals surface area (Å²) in [6.07, 6.45) is 5.15. The number of aryl methyl sites for hydroxylation is 1. The molecule has 1 heterocycles. The van der Waals surface area contributed by atoms with Crippen LogP contribution in [0.15, 0.2) is 30.6 Å². The predicted octanol–water partition coefficient (Wildman–Crippen LogP) is 3.53. The number of nitrogens with zero attached hydrogens (tertiary/aromatic N) is 2. The summed E-state index contributed by atoms with van der Waals surface area (Å²) in [5, 5.41) is 10.2. The highest BCUT2D eigenvalue weighted by molar-refractivity contribution is 6.32. The maximum atomic E-state index is 9.53.